The van der Waals surface area contributed by atoms with Crippen LogP contribution in [0.2, 0.25) is 0 Å². The largest absolute Gasteiger partial charge is 0.497 e. The third kappa shape index (κ3) is 4.05. The fourth-order valence-electron chi connectivity index (χ4n) is 1.19. The third-order valence-electron chi connectivity index (χ3n) is 2.10. The SMILES string of the molecule is C#CC[C@@H](C)OCc1ccc(OC)cc1. The molecule has 0 amide bonds. The summed E-state index contributed by atoms with van der Waals surface area (Å²) in [5.74, 6) is 3.43. The number of rotatable bonds is 5. The standard InChI is InChI=1S/C13H16O2/c1-4-5-11(2)15-10-12-6-8-13(14-3)9-7-12/h1,6-9,11H,5,10H2,2-3H3/t11-/m1/s1. The minimum Gasteiger partial charge on any atom is -0.497 e. The zero-order valence-corrected chi connectivity index (χ0v) is 9.19. The van der Waals surface area contributed by atoms with E-state index < -0.39 is 0 Å². The second kappa shape index (κ2) is 6.10. The van der Waals surface area contributed by atoms with Crippen LogP contribution in [-0.2, 0) is 11.3 Å². The molecule has 0 heterocycles. The molecule has 15 heavy (non-hydrogen) atoms. The van der Waals surface area contributed by atoms with Gasteiger partial charge in [-0.25, -0.2) is 0 Å². The fourth-order valence-corrected chi connectivity index (χ4v) is 1.19. The number of hydrogen-bond acceptors (Lipinski definition) is 2. The first-order valence-corrected chi connectivity index (χ1v) is 4.94. The van der Waals surface area contributed by atoms with Crippen LogP contribution in [0.3, 0.4) is 0 Å². The highest BCUT2D eigenvalue weighted by Crippen LogP contribution is 2.12. The van der Waals surface area contributed by atoms with Gasteiger partial charge in [-0.2, -0.15) is 0 Å². The lowest BCUT2D eigenvalue weighted by atomic mass is 10.2. The van der Waals surface area contributed by atoms with Gasteiger partial charge in [0.2, 0.25) is 0 Å². The quantitative estimate of drug-likeness (QED) is 0.686. The molecular formula is C13H16O2. The maximum absolute atomic E-state index is 5.56. The number of terminal acetylenes is 1. The molecule has 80 valence electrons. The summed E-state index contributed by atoms with van der Waals surface area (Å²) >= 11 is 0. The Bertz CT molecular complexity index is 321. The highest BCUT2D eigenvalue weighted by molar-refractivity contribution is 5.26. The Kier molecular flexibility index (Phi) is 4.73. The minimum atomic E-state index is 0.108. The van der Waals surface area contributed by atoms with Crippen LogP contribution >= 0.6 is 0 Å². The summed E-state index contributed by atoms with van der Waals surface area (Å²) in [6, 6.07) is 7.82. The van der Waals surface area contributed by atoms with Crippen molar-refractivity contribution in [3.8, 4) is 18.1 Å². The van der Waals surface area contributed by atoms with E-state index in [-0.39, 0.29) is 6.10 Å². The molecular weight excluding hydrogens is 188 g/mol. The van der Waals surface area contributed by atoms with E-state index in [4.69, 9.17) is 15.9 Å². The van der Waals surface area contributed by atoms with Crippen molar-refractivity contribution >= 4 is 0 Å². The molecule has 1 rings (SSSR count). The van der Waals surface area contributed by atoms with E-state index >= 15 is 0 Å². The van der Waals surface area contributed by atoms with Crippen LogP contribution in [0.5, 0.6) is 5.75 Å². The molecule has 0 fully saturated rings. The van der Waals surface area contributed by atoms with Crippen molar-refractivity contribution in [3.63, 3.8) is 0 Å². The molecule has 1 aromatic carbocycles. The Hall–Kier alpha value is -1.46. The highest BCUT2D eigenvalue weighted by atomic mass is 16.5. The van der Waals surface area contributed by atoms with Gasteiger partial charge in [-0.05, 0) is 24.6 Å². The van der Waals surface area contributed by atoms with E-state index in [0.717, 1.165) is 11.3 Å². The molecule has 1 aromatic rings. The van der Waals surface area contributed by atoms with E-state index in [1.807, 2.05) is 31.2 Å². The maximum atomic E-state index is 5.56. The van der Waals surface area contributed by atoms with Gasteiger partial charge in [0, 0.05) is 6.42 Å². The topological polar surface area (TPSA) is 18.5 Å². The van der Waals surface area contributed by atoms with Crippen molar-refractivity contribution < 1.29 is 9.47 Å². The van der Waals surface area contributed by atoms with Gasteiger partial charge in [-0.1, -0.05) is 12.1 Å². The zero-order chi connectivity index (χ0) is 11.1. The van der Waals surface area contributed by atoms with Gasteiger partial charge in [-0.15, -0.1) is 12.3 Å². The maximum Gasteiger partial charge on any atom is 0.118 e. The molecule has 0 aliphatic rings. The molecule has 2 nitrogen and oxygen atoms in total. The van der Waals surface area contributed by atoms with E-state index in [1.165, 1.54) is 0 Å². The normalized spacial score (nSPS) is 11.8. The Morgan fingerprint density at radius 3 is 2.53 bits per heavy atom. The molecule has 0 spiro atoms. The van der Waals surface area contributed by atoms with Crippen LogP contribution in [0.15, 0.2) is 24.3 Å². The van der Waals surface area contributed by atoms with Crippen molar-refractivity contribution in [1.82, 2.24) is 0 Å². The van der Waals surface area contributed by atoms with Crippen molar-refractivity contribution in [2.45, 2.75) is 26.1 Å². The Morgan fingerprint density at radius 2 is 2.00 bits per heavy atom. The Labute approximate surface area is 91.2 Å². The predicted molar refractivity (Wildman–Crippen MR) is 60.7 cm³/mol. The van der Waals surface area contributed by atoms with Crippen LogP contribution in [0.4, 0.5) is 0 Å². The molecule has 0 aromatic heterocycles. The van der Waals surface area contributed by atoms with Crippen LogP contribution in [0, 0.1) is 12.3 Å². The van der Waals surface area contributed by atoms with E-state index in [1.54, 1.807) is 7.11 Å². The molecule has 1 atom stereocenters. The monoisotopic (exact) mass is 204 g/mol. The molecule has 0 aliphatic heterocycles. The number of methoxy groups -OCH3 is 1. The summed E-state index contributed by atoms with van der Waals surface area (Å²) in [5.41, 5.74) is 1.12. The van der Waals surface area contributed by atoms with Gasteiger partial charge in [0.15, 0.2) is 0 Å². The summed E-state index contributed by atoms with van der Waals surface area (Å²) in [6.45, 7) is 2.57. The average molecular weight is 204 g/mol. The van der Waals surface area contributed by atoms with Crippen molar-refractivity contribution in [2.24, 2.45) is 0 Å². The molecule has 0 bridgehead atoms. The molecule has 0 radical (unpaired) electrons. The summed E-state index contributed by atoms with van der Waals surface area (Å²) in [6.07, 6.45) is 5.95. The zero-order valence-electron chi connectivity index (χ0n) is 9.19. The van der Waals surface area contributed by atoms with Crippen LogP contribution < -0.4 is 4.74 Å². The van der Waals surface area contributed by atoms with Gasteiger partial charge in [-0.3, -0.25) is 0 Å². The van der Waals surface area contributed by atoms with Gasteiger partial charge in [0.25, 0.3) is 0 Å². The Balaban J connectivity index is 2.41. The molecule has 0 saturated heterocycles. The molecule has 0 aliphatic carbocycles. The Morgan fingerprint density at radius 1 is 1.33 bits per heavy atom. The van der Waals surface area contributed by atoms with Gasteiger partial charge >= 0.3 is 0 Å². The van der Waals surface area contributed by atoms with Crippen molar-refractivity contribution in [3.05, 3.63) is 29.8 Å². The smallest absolute Gasteiger partial charge is 0.118 e. The van der Waals surface area contributed by atoms with Gasteiger partial charge in [0.1, 0.15) is 5.75 Å². The number of hydrogen-bond donors (Lipinski definition) is 0. The molecule has 0 saturated carbocycles. The summed E-state index contributed by atoms with van der Waals surface area (Å²) in [4.78, 5) is 0. The van der Waals surface area contributed by atoms with Crippen molar-refractivity contribution in [2.75, 3.05) is 7.11 Å². The molecule has 0 N–H and O–H groups in total. The first-order valence-electron chi connectivity index (χ1n) is 4.94. The fraction of sp³-hybridized carbons (Fsp3) is 0.385. The third-order valence-corrected chi connectivity index (χ3v) is 2.10. The lowest BCUT2D eigenvalue weighted by molar-refractivity contribution is 0.0566. The summed E-state index contributed by atoms with van der Waals surface area (Å²) < 4.78 is 10.6. The van der Waals surface area contributed by atoms with Crippen LogP contribution in [-0.4, -0.2) is 13.2 Å². The predicted octanol–water partition coefficient (Wildman–Crippen LogP) is 2.62. The summed E-state index contributed by atoms with van der Waals surface area (Å²) in [7, 11) is 1.65. The number of benzene rings is 1. The first kappa shape index (κ1) is 11.6. The number of ether oxygens (including phenoxy) is 2. The van der Waals surface area contributed by atoms with Crippen molar-refractivity contribution in [1.29, 1.82) is 0 Å². The van der Waals surface area contributed by atoms with Gasteiger partial charge < -0.3 is 9.47 Å². The van der Waals surface area contributed by atoms with Crippen LogP contribution in [0.25, 0.3) is 0 Å². The van der Waals surface area contributed by atoms with E-state index in [2.05, 4.69) is 5.92 Å². The summed E-state index contributed by atoms with van der Waals surface area (Å²) in [5, 5.41) is 0. The average Bonchev–Trinajstić information content (AvgIpc) is 2.27. The minimum absolute atomic E-state index is 0.108. The molecule has 0 unspecified atom stereocenters. The lowest BCUT2D eigenvalue weighted by Gasteiger charge is -2.10. The van der Waals surface area contributed by atoms with E-state index in [9.17, 15) is 0 Å². The van der Waals surface area contributed by atoms with Crippen LogP contribution in [0.1, 0.15) is 18.9 Å². The van der Waals surface area contributed by atoms with E-state index in [0.29, 0.717) is 13.0 Å². The molecule has 2 heteroatoms. The second-order valence-electron chi connectivity index (χ2n) is 3.38. The second-order valence-corrected chi connectivity index (χ2v) is 3.38. The highest BCUT2D eigenvalue weighted by Gasteiger charge is 2.00. The lowest BCUT2D eigenvalue weighted by Crippen LogP contribution is -2.06. The first-order chi connectivity index (χ1) is 7.26. The van der Waals surface area contributed by atoms with Gasteiger partial charge in [0.05, 0.1) is 19.8 Å².